The molecule has 0 aliphatic rings. The molecule has 2 nitrogen and oxygen atoms in total. The van der Waals surface area contributed by atoms with Crippen LogP contribution in [0.3, 0.4) is 0 Å². The van der Waals surface area contributed by atoms with E-state index in [0.717, 1.165) is 28.6 Å². The molecule has 0 aliphatic heterocycles. The fraction of sp³-hybridized carbons (Fsp3) is 0.231. The standard InChI is InChI=1S/C26H28O2/c1-6-7-20-10-15-24(27-22-13-8-19(2)9-14-22)18-25(20)28-23-16-11-21(12-17-23)26(3,4)5/h6-18H,1-5H3/b7-6+. The first-order valence-corrected chi connectivity index (χ1v) is 9.65. The normalized spacial score (nSPS) is 11.6. The van der Waals surface area contributed by atoms with Gasteiger partial charge in [0.1, 0.15) is 23.0 Å². The highest BCUT2D eigenvalue weighted by atomic mass is 16.5. The van der Waals surface area contributed by atoms with Gasteiger partial charge in [0.15, 0.2) is 0 Å². The van der Waals surface area contributed by atoms with Gasteiger partial charge in [0, 0.05) is 11.6 Å². The van der Waals surface area contributed by atoms with Gasteiger partial charge in [-0.05, 0) is 61.2 Å². The van der Waals surface area contributed by atoms with Crippen molar-refractivity contribution in [1.82, 2.24) is 0 Å². The molecule has 0 atom stereocenters. The Morgan fingerprint density at radius 1 is 0.714 bits per heavy atom. The second kappa shape index (κ2) is 8.35. The Balaban J connectivity index is 1.86. The van der Waals surface area contributed by atoms with E-state index in [4.69, 9.17) is 9.47 Å². The molecule has 0 saturated carbocycles. The number of rotatable bonds is 5. The van der Waals surface area contributed by atoms with Crippen LogP contribution in [0.4, 0.5) is 0 Å². The third-order valence-corrected chi connectivity index (χ3v) is 4.54. The van der Waals surface area contributed by atoms with Gasteiger partial charge in [-0.3, -0.25) is 0 Å². The van der Waals surface area contributed by atoms with Crippen LogP contribution in [0, 0.1) is 6.92 Å². The molecule has 0 bridgehead atoms. The van der Waals surface area contributed by atoms with E-state index in [9.17, 15) is 0 Å². The molecule has 3 aromatic carbocycles. The Morgan fingerprint density at radius 3 is 1.89 bits per heavy atom. The zero-order valence-electron chi connectivity index (χ0n) is 17.3. The van der Waals surface area contributed by atoms with E-state index in [2.05, 4.69) is 39.8 Å². The molecule has 3 rings (SSSR count). The Labute approximate surface area is 168 Å². The number of allylic oxidation sites excluding steroid dienone is 1. The largest absolute Gasteiger partial charge is 0.457 e. The Bertz CT molecular complexity index is 943. The summed E-state index contributed by atoms with van der Waals surface area (Å²) in [4.78, 5) is 0. The van der Waals surface area contributed by atoms with Crippen LogP contribution in [0.25, 0.3) is 6.08 Å². The monoisotopic (exact) mass is 372 g/mol. The Hall–Kier alpha value is -3.00. The lowest BCUT2D eigenvalue weighted by Crippen LogP contribution is -2.10. The topological polar surface area (TPSA) is 18.5 Å². The predicted octanol–water partition coefficient (Wildman–Crippen LogP) is 7.91. The quantitative estimate of drug-likeness (QED) is 0.453. The number of hydrogen-bond acceptors (Lipinski definition) is 2. The summed E-state index contributed by atoms with van der Waals surface area (Å²) in [5.41, 5.74) is 3.62. The molecule has 0 heterocycles. The molecule has 3 aromatic rings. The van der Waals surface area contributed by atoms with E-state index in [0.29, 0.717) is 0 Å². The van der Waals surface area contributed by atoms with Crippen molar-refractivity contribution in [3.63, 3.8) is 0 Å². The Morgan fingerprint density at radius 2 is 1.29 bits per heavy atom. The molecular formula is C26H28O2. The average Bonchev–Trinajstić information content (AvgIpc) is 2.65. The molecule has 144 valence electrons. The average molecular weight is 373 g/mol. The molecule has 0 N–H and O–H groups in total. The van der Waals surface area contributed by atoms with Crippen LogP contribution in [-0.2, 0) is 5.41 Å². The predicted molar refractivity (Wildman–Crippen MR) is 118 cm³/mol. The van der Waals surface area contributed by atoms with E-state index >= 15 is 0 Å². The van der Waals surface area contributed by atoms with Crippen LogP contribution < -0.4 is 9.47 Å². The molecule has 2 heteroatoms. The van der Waals surface area contributed by atoms with Crippen LogP contribution in [-0.4, -0.2) is 0 Å². The second-order valence-corrected chi connectivity index (χ2v) is 7.99. The molecule has 0 amide bonds. The van der Waals surface area contributed by atoms with Gasteiger partial charge in [-0.2, -0.15) is 0 Å². The Kier molecular flexibility index (Phi) is 5.89. The number of aryl methyl sites for hydroxylation is 1. The number of benzene rings is 3. The van der Waals surface area contributed by atoms with Gasteiger partial charge in [0.05, 0.1) is 0 Å². The van der Waals surface area contributed by atoms with Crippen molar-refractivity contribution in [3.05, 3.63) is 89.5 Å². The first kappa shape index (κ1) is 19.8. The van der Waals surface area contributed by atoms with Gasteiger partial charge >= 0.3 is 0 Å². The summed E-state index contributed by atoms with van der Waals surface area (Å²) >= 11 is 0. The van der Waals surface area contributed by atoms with E-state index < -0.39 is 0 Å². The summed E-state index contributed by atoms with van der Waals surface area (Å²) in [5.74, 6) is 3.14. The van der Waals surface area contributed by atoms with Crippen molar-refractivity contribution >= 4 is 6.08 Å². The van der Waals surface area contributed by atoms with Crippen molar-refractivity contribution in [2.24, 2.45) is 0 Å². The fourth-order valence-electron chi connectivity index (χ4n) is 2.88. The van der Waals surface area contributed by atoms with Crippen LogP contribution >= 0.6 is 0 Å². The first-order valence-electron chi connectivity index (χ1n) is 9.65. The summed E-state index contributed by atoms with van der Waals surface area (Å²) in [6.07, 6.45) is 4.04. The molecule has 0 aromatic heterocycles. The van der Waals surface area contributed by atoms with Crippen molar-refractivity contribution in [2.75, 3.05) is 0 Å². The minimum atomic E-state index is 0.121. The van der Waals surface area contributed by atoms with Crippen LogP contribution in [0.2, 0.25) is 0 Å². The smallest absolute Gasteiger partial charge is 0.138 e. The number of hydrogen-bond donors (Lipinski definition) is 0. The summed E-state index contributed by atoms with van der Waals surface area (Å²) in [6.45, 7) is 10.7. The molecule has 0 radical (unpaired) electrons. The highest BCUT2D eigenvalue weighted by Gasteiger charge is 2.13. The van der Waals surface area contributed by atoms with Crippen molar-refractivity contribution in [3.8, 4) is 23.0 Å². The molecule has 28 heavy (non-hydrogen) atoms. The van der Waals surface area contributed by atoms with Crippen molar-refractivity contribution in [2.45, 2.75) is 40.0 Å². The minimum Gasteiger partial charge on any atom is -0.457 e. The third kappa shape index (κ3) is 5.04. The third-order valence-electron chi connectivity index (χ3n) is 4.54. The van der Waals surface area contributed by atoms with E-state index in [1.54, 1.807) is 0 Å². The highest BCUT2D eigenvalue weighted by molar-refractivity contribution is 5.60. The second-order valence-electron chi connectivity index (χ2n) is 7.99. The van der Waals surface area contributed by atoms with Gasteiger partial charge in [-0.15, -0.1) is 0 Å². The number of ether oxygens (including phenoxy) is 2. The lowest BCUT2D eigenvalue weighted by molar-refractivity contribution is 0.459. The van der Waals surface area contributed by atoms with E-state index in [-0.39, 0.29) is 5.41 Å². The zero-order chi connectivity index (χ0) is 20.1. The van der Waals surface area contributed by atoms with Gasteiger partial charge in [0.25, 0.3) is 0 Å². The maximum atomic E-state index is 6.20. The van der Waals surface area contributed by atoms with Crippen LogP contribution in [0.15, 0.2) is 72.8 Å². The fourth-order valence-corrected chi connectivity index (χ4v) is 2.88. The van der Waals surface area contributed by atoms with Crippen LogP contribution in [0.5, 0.6) is 23.0 Å². The SMILES string of the molecule is C/C=C/c1ccc(Oc2ccc(C)cc2)cc1Oc1ccc(C(C)(C)C)cc1. The maximum absolute atomic E-state index is 6.20. The summed E-state index contributed by atoms with van der Waals surface area (Å²) in [6, 6.07) is 22.2. The molecule has 0 aliphatic carbocycles. The molecular weight excluding hydrogens is 344 g/mol. The van der Waals surface area contributed by atoms with Gasteiger partial charge in [-0.25, -0.2) is 0 Å². The molecule has 0 spiro atoms. The van der Waals surface area contributed by atoms with Gasteiger partial charge in [-0.1, -0.05) is 62.8 Å². The van der Waals surface area contributed by atoms with E-state index in [1.165, 1.54) is 11.1 Å². The summed E-state index contributed by atoms with van der Waals surface area (Å²) < 4.78 is 12.2. The molecule has 0 fully saturated rings. The van der Waals surface area contributed by atoms with E-state index in [1.807, 2.05) is 73.7 Å². The lowest BCUT2D eigenvalue weighted by atomic mass is 9.87. The summed E-state index contributed by atoms with van der Waals surface area (Å²) in [5, 5.41) is 0. The van der Waals surface area contributed by atoms with Crippen molar-refractivity contribution < 1.29 is 9.47 Å². The van der Waals surface area contributed by atoms with Crippen LogP contribution in [0.1, 0.15) is 44.4 Å². The first-order chi connectivity index (χ1) is 13.3. The van der Waals surface area contributed by atoms with Gasteiger partial charge < -0.3 is 9.47 Å². The minimum absolute atomic E-state index is 0.121. The van der Waals surface area contributed by atoms with Crippen molar-refractivity contribution in [1.29, 1.82) is 0 Å². The molecule has 0 saturated heterocycles. The molecule has 0 unspecified atom stereocenters. The zero-order valence-corrected chi connectivity index (χ0v) is 17.3. The van der Waals surface area contributed by atoms with Gasteiger partial charge in [0.2, 0.25) is 0 Å². The maximum Gasteiger partial charge on any atom is 0.138 e. The summed E-state index contributed by atoms with van der Waals surface area (Å²) in [7, 11) is 0. The lowest BCUT2D eigenvalue weighted by Gasteiger charge is -2.19. The highest BCUT2D eigenvalue weighted by Crippen LogP contribution is 2.33.